The van der Waals surface area contributed by atoms with Crippen LogP contribution in [0.15, 0.2) is 72.8 Å². The van der Waals surface area contributed by atoms with E-state index >= 15 is 0 Å². The Balaban J connectivity index is 1.62. The first kappa shape index (κ1) is 32.8. The van der Waals surface area contributed by atoms with Gasteiger partial charge in [0.25, 0.3) is 0 Å². The van der Waals surface area contributed by atoms with E-state index in [0.717, 1.165) is 43.1 Å². The smallest absolute Gasteiger partial charge is 0.243 e. The van der Waals surface area contributed by atoms with Crippen LogP contribution in [0.5, 0.6) is 0 Å². The van der Waals surface area contributed by atoms with Gasteiger partial charge >= 0.3 is 0 Å². The Morgan fingerprint density at radius 1 is 0.953 bits per heavy atom. The number of amides is 2. The molecule has 2 amide bonds. The predicted octanol–water partition coefficient (Wildman–Crippen LogP) is 6.55. The van der Waals surface area contributed by atoms with Crippen LogP contribution in [0, 0.1) is 6.92 Å². The lowest BCUT2D eigenvalue weighted by Crippen LogP contribution is -2.52. The van der Waals surface area contributed by atoms with Crippen LogP contribution in [-0.2, 0) is 32.6 Å². The molecule has 3 aromatic carbocycles. The van der Waals surface area contributed by atoms with Gasteiger partial charge in [0.05, 0.1) is 11.9 Å². The molecule has 10 heteroatoms. The molecule has 0 aromatic heterocycles. The summed E-state index contributed by atoms with van der Waals surface area (Å²) in [5, 5.41) is 3.99. The maximum absolute atomic E-state index is 14.1. The molecule has 0 spiro atoms. The van der Waals surface area contributed by atoms with E-state index in [9.17, 15) is 18.0 Å². The van der Waals surface area contributed by atoms with E-state index in [1.54, 1.807) is 41.3 Å². The highest BCUT2D eigenvalue weighted by molar-refractivity contribution is 7.92. The summed E-state index contributed by atoms with van der Waals surface area (Å²) in [4.78, 5) is 29.5. The Kier molecular flexibility index (Phi) is 11.5. The number of aryl methyl sites for hydroxylation is 1. The monoisotopic (exact) mass is 643 g/mol. The summed E-state index contributed by atoms with van der Waals surface area (Å²) in [6.45, 7) is 2.06. The van der Waals surface area contributed by atoms with Crippen LogP contribution >= 0.6 is 23.2 Å². The maximum atomic E-state index is 14.1. The highest BCUT2D eigenvalue weighted by Crippen LogP contribution is 2.28. The quantitative estimate of drug-likeness (QED) is 0.229. The first-order valence-electron chi connectivity index (χ1n) is 14.6. The lowest BCUT2D eigenvalue weighted by Gasteiger charge is -2.33. The molecule has 43 heavy (non-hydrogen) atoms. The molecule has 1 aliphatic rings. The summed E-state index contributed by atoms with van der Waals surface area (Å²) in [7, 11) is -3.59. The van der Waals surface area contributed by atoms with Gasteiger partial charge in [-0.15, -0.1) is 0 Å². The third kappa shape index (κ3) is 9.21. The topological polar surface area (TPSA) is 86.8 Å². The molecule has 0 saturated heterocycles. The van der Waals surface area contributed by atoms with Crippen molar-refractivity contribution in [1.29, 1.82) is 0 Å². The molecular formula is C33H39Cl2N3O4S. The molecule has 1 N–H and O–H groups in total. The van der Waals surface area contributed by atoms with Crippen molar-refractivity contribution < 1.29 is 18.0 Å². The van der Waals surface area contributed by atoms with Gasteiger partial charge in [0.2, 0.25) is 21.8 Å². The van der Waals surface area contributed by atoms with Crippen molar-refractivity contribution in [2.45, 2.75) is 70.5 Å². The first-order chi connectivity index (χ1) is 20.5. The molecular weight excluding hydrogens is 605 g/mol. The Morgan fingerprint density at radius 2 is 1.60 bits per heavy atom. The normalized spacial score (nSPS) is 14.3. The zero-order valence-electron chi connectivity index (χ0n) is 24.6. The number of hydrogen-bond acceptors (Lipinski definition) is 4. The molecule has 0 unspecified atom stereocenters. The number of nitrogens with zero attached hydrogens (tertiary/aromatic N) is 2. The average Bonchev–Trinajstić information content (AvgIpc) is 3.47. The summed E-state index contributed by atoms with van der Waals surface area (Å²) in [6.07, 6.45) is 5.70. The number of halogens is 2. The minimum atomic E-state index is -3.59. The molecule has 230 valence electrons. The molecule has 7 nitrogen and oxygen atoms in total. The Morgan fingerprint density at radius 3 is 2.23 bits per heavy atom. The Hall–Kier alpha value is -3.07. The van der Waals surface area contributed by atoms with Gasteiger partial charge < -0.3 is 10.2 Å². The number of nitrogens with one attached hydrogen (secondary N) is 1. The average molecular weight is 645 g/mol. The largest absolute Gasteiger partial charge is 0.352 e. The number of rotatable bonds is 13. The van der Waals surface area contributed by atoms with Crippen LogP contribution in [0.25, 0.3) is 0 Å². The second kappa shape index (κ2) is 15.1. The van der Waals surface area contributed by atoms with Gasteiger partial charge in [-0.05, 0) is 61.6 Å². The van der Waals surface area contributed by atoms with Crippen LogP contribution in [0.2, 0.25) is 10.0 Å². The van der Waals surface area contributed by atoms with Gasteiger partial charge in [0.1, 0.15) is 6.04 Å². The molecule has 4 rings (SSSR count). The lowest BCUT2D eigenvalue weighted by molar-refractivity contribution is -0.141. The highest BCUT2D eigenvalue weighted by atomic mass is 35.5. The van der Waals surface area contributed by atoms with Crippen LogP contribution in [-0.4, -0.2) is 50.0 Å². The van der Waals surface area contributed by atoms with E-state index in [0.29, 0.717) is 27.7 Å². The minimum absolute atomic E-state index is 0.0297. The molecule has 1 atom stereocenters. The van der Waals surface area contributed by atoms with E-state index in [-0.39, 0.29) is 43.8 Å². The van der Waals surface area contributed by atoms with E-state index in [1.165, 1.54) is 4.31 Å². The number of sulfonamides is 1. The van der Waals surface area contributed by atoms with Crippen LogP contribution in [0.1, 0.15) is 55.2 Å². The van der Waals surface area contributed by atoms with Crippen molar-refractivity contribution in [2.75, 3.05) is 17.1 Å². The molecule has 1 aliphatic carbocycles. The molecule has 0 bridgehead atoms. The predicted molar refractivity (Wildman–Crippen MR) is 174 cm³/mol. The summed E-state index contributed by atoms with van der Waals surface area (Å²) < 4.78 is 26.7. The lowest BCUT2D eigenvalue weighted by atomic mass is 10.0. The Labute approximate surface area is 265 Å². The first-order valence-corrected chi connectivity index (χ1v) is 17.2. The summed E-state index contributed by atoms with van der Waals surface area (Å²) in [6, 6.07) is 21.3. The van der Waals surface area contributed by atoms with Gasteiger partial charge in [0, 0.05) is 47.6 Å². The summed E-state index contributed by atoms with van der Waals surface area (Å²) in [5.74, 6) is -0.499. The zero-order valence-corrected chi connectivity index (χ0v) is 27.0. The minimum Gasteiger partial charge on any atom is -0.352 e. The SMILES string of the molecule is Cc1cccc(N(CCCC(=O)N(Cc2c(Cl)cccc2Cl)[C@H](Cc2ccccc2)C(=O)NC2CCCC2)S(C)(=O)=O)c1. The molecule has 0 heterocycles. The van der Waals surface area contributed by atoms with Gasteiger partial charge in [-0.2, -0.15) is 0 Å². The number of carbonyl (C=O) groups is 2. The van der Waals surface area contributed by atoms with Gasteiger partial charge in [-0.25, -0.2) is 8.42 Å². The number of hydrogen-bond donors (Lipinski definition) is 1. The van der Waals surface area contributed by atoms with Crippen molar-refractivity contribution in [2.24, 2.45) is 0 Å². The summed E-state index contributed by atoms with van der Waals surface area (Å²) in [5.41, 5.74) is 2.96. The molecule has 0 radical (unpaired) electrons. The number of benzene rings is 3. The third-order valence-electron chi connectivity index (χ3n) is 7.80. The second-order valence-electron chi connectivity index (χ2n) is 11.2. The van der Waals surface area contributed by atoms with E-state index < -0.39 is 16.1 Å². The van der Waals surface area contributed by atoms with E-state index in [2.05, 4.69) is 5.32 Å². The number of carbonyl (C=O) groups excluding carboxylic acids is 2. The van der Waals surface area contributed by atoms with Gasteiger partial charge in [-0.3, -0.25) is 13.9 Å². The Bertz CT molecular complexity index is 1490. The molecule has 1 saturated carbocycles. The fraction of sp³-hybridized carbons (Fsp3) is 0.394. The maximum Gasteiger partial charge on any atom is 0.243 e. The van der Waals surface area contributed by atoms with Gasteiger partial charge in [-0.1, -0.05) is 84.6 Å². The van der Waals surface area contributed by atoms with Crippen LogP contribution in [0.3, 0.4) is 0 Å². The van der Waals surface area contributed by atoms with Crippen molar-refractivity contribution in [3.8, 4) is 0 Å². The number of anilines is 1. The second-order valence-corrected chi connectivity index (χ2v) is 13.9. The van der Waals surface area contributed by atoms with Crippen molar-refractivity contribution in [1.82, 2.24) is 10.2 Å². The van der Waals surface area contributed by atoms with Gasteiger partial charge in [0.15, 0.2) is 0 Å². The standard InChI is InChI=1S/C33H39Cl2N3O4S/c1-24-11-8-16-27(21-24)38(43(2,41)42)20-10-19-32(39)37(23-28-29(34)17-9-18-30(28)35)31(22-25-12-4-3-5-13-25)33(40)36-26-14-6-7-15-26/h3-5,8-9,11-13,16-18,21,26,31H,6-7,10,14-15,19-20,22-23H2,1-2H3,(H,36,40)/t31-/m1/s1. The zero-order chi connectivity index (χ0) is 31.0. The summed E-state index contributed by atoms with van der Waals surface area (Å²) >= 11 is 13.1. The fourth-order valence-corrected chi connectivity index (χ4v) is 7.04. The van der Waals surface area contributed by atoms with Crippen molar-refractivity contribution >= 4 is 50.7 Å². The molecule has 1 fully saturated rings. The van der Waals surface area contributed by atoms with Crippen molar-refractivity contribution in [3.05, 3.63) is 99.5 Å². The molecule has 3 aromatic rings. The van der Waals surface area contributed by atoms with Crippen LogP contribution < -0.4 is 9.62 Å². The van der Waals surface area contributed by atoms with Crippen LogP contribution in [0.4, 0.5) is 5.69 Å². The fourth-order valence-electron chi connectivity index (χ4n) is 5.56. The highest BCUT2D eigenvalue weighted by Gasteiger charge is 2.33. The third-order valence-corrected chi connectivity index (χ3v) is 9.71. The van der Waals surface area contributed by atoms with E-state index in [4.69, 9.17) is 23.2 Å². The van der Waals surface area contributed by atoms with E-state index in [1.807, 2.05) is 43.3 Å². The molecule has 0 aliphatic heterocycles. The van der Waals surface area contributed by atoms with Crippen molar-refractivity contribution in [3.63, 3.8) is 0 Å².